The Morgan fingerprint density at radius 3 is 2.67 bits per heavy atom. The Labute approximate surface area is 184 Å². The number of hydrogen-bond donors (Lipinski definition) is 1. The van der Waals surface area contributed by atoms with Crippen molar-refractivity contribution in [2.45, 2.75) is 51.6 Å². The Bertz CT molecular complexity index is 1010. The van der Waals surface area contributed by atoms with E-state index >= 15 is 0 Å². The number of aryl methyl sites for hydroxylation is 2. The Morgan fingerprint density at radius 1 is 1.20 bits per heavy atom. The van der Waals surface area contributed by atoms with Gasteiger partial charge in [0, 0.05) is 22.0 Å². The number of hydrogen-bond acceptors (Lipinski definition) is 6. The third-order valence-corrected chi connectivity index (χ3v) is 6.87. The van der Waals surface area contributed by atoms with Crippen molar-refractivity contribution in [1.29, 1.82) is 0 Å². The van der Waals surface area contributed by atoms with Gasteiger partial charge in [-0.25, -0.2) is 0 Å². The Kier molecular flexibility index (Phi) is 6.24. The molecule has 0 aliphatic heterocycles. The summed E-state index contributed by atoms with van der Waals surface area (Å²) in [7, 11) is 0. The second-order valence-electron chi connectivity index (χ2n) is 7.66. The lowest BCUT2D eigenvalue weighted by Gasteiger charge is -2.32. The summed E-state index contributed by atoms with van der Waals surface area (Å²) >= 11 is 2.60. The second-order valence-corrected chi connectivity index (χ2v) is 9.25. The van der Waals surface area contributed by atoms with Gasteiger partial charge in [-0.15, -0.1) is 16.4 Å². The molecule has 0 spiro atoms. The van der Waals surface area contributed by atoms with Gasteiger partial charge in [0.15, 0.2) is 11.7 Å². The molecule has 8 heteroatoms. The maximum atomic E-state index is 13.6. The molecule has 156 valence electrons. The monoisotopic (exact) mass is 440 g/mol. The Balaban J connectivity index is 1.81. The number of benzene rings is 1. The van der Waals surface area contributed by atoms with E-state index in [1.807, 2.05) is 49.6 Å². The highest BCUT2D eigenvalue weighted by atomic mass is 32.1. The Morgan fingerprint density at radius 2 is 2.00 bits per heavy atom. The van der Waals surface area contributed by atoms with Gasteiger partial charge >= 0.3 is 0 Å². The second kappa shape index (κ2) is 9.06. The summed E-state index contributed by atoms with van der Waals surface area (Å²) in [5.74, 6) is -0.473. The minimum Gasteiger partial charge on any atom is -0.351 e. The number of anilines is 1. The molecule has 1 fully saturated rings. The van der Waals surface area contributed by atoms with Crippen molar-refractivity contribution in [3.05, 3.63) is 62.8 Å². The molecular weight excluding hydrogens is 416 g/mol. The van der Waals surface area contributed by atoms with Crippen LogP contribution in [0.5, 0.6) is 0 Å². The van der Waals surface area contributed by atoms with E-state index in [1.54, 1.807) is 10.3 Å². The maximum Gasteiger partial charge on any atom is 0.280 e. The predicted molar refractivity (Wildman–Crippen MR) is 120 cm³/mol. The van der Waals surface area contributed by atoms with Gasteiger partial charge in [0.25, 0.3) is 5.91 Å². The first-order valence-corrected chi connectivity index (χ1v) is 11.8. The minimum absolute atomic E-state index is 0.151. The molecule has 2 aromatic heterocycles. The summed E-state index contributed by atoms with van der Waals surface area (Å²) in [6.07, 6.45) is 4.21. The van der Waals surface area contributed by atoms with Gasteiger partial charge in [-0.05, 0) is 66.9 Å². The summed E-state index contributed by atoms with van der Waals surface area (Å²) in [5, 5.41) is 10.7. The number of amides is 2. The molecule has 4 rings (SSSR count). The van der Waals surface area contributed by atoms with Crippen LogP contribution in [0.3, 0.4) is 0 Å². The molecule has 0 unspecified atom stereocenters. The van der Waals surface area contributed by atoms with Crippen molar-refractivity contribution >= 4 is 40.4 Å². The van der Waals surface area contributed by atoms with Gasteiger partial charge in [-0.3, -0.25) is 14.5 Å². The topological polar surface area (TPSA) is 75.2 Å². The average Bonchev–Trinajstić information content (AvgIpc) is 3.50. The van der Waals surface area contributed by atoms with E-state index in [9.17, 15) is 9.59 Å². The van der Waals surface area contributed by atoms with Gasteiger partial charge in [-0.2, -0.15) is 0 Å². The van der Waals surface area contributed by atoms with Crippen LogP contribution in [0.1, 0.15) is 58.2 Å². The van der Waals surface area contributed by atoms with Gasteiger partial charge in [0.05, 0.1) is 0 Å². The van der Waals surface area contributed by atoms with Gasteiger partial charge < -0.3 is 5.32 Å². The lowest BCUT2D eigenvalue weighted by atomic mass is 10.0. The van der Waals surface area contributed by atoms with Crippen LogP contribution in [0, 0.1) is 13.8 Å². The van der Waals surface area contributed by atoms with Crippen LogP contribution in [0.2, 0.25) is 0 Å². The van der Waals surface area contributed by atoms with Crippen molar-refractivity contribution in [3.63, 3.8) is 0 Å². The normalized spacial score (nSPS) is 15.1. The van der Waals surface area contributed by atoms with Crippen molar-refractivity contribution in [2.75, 3.05) is 4.90 Å². The highest BCUT2D eigenvalue weighted by Gasteiger charge is 2.36. The smallest absolute Gasteiger partial charge is 0.280 e. The standard InChI is InChI=1S/C22H24N4O2S2/c1-14-9-10-15(2)18(12-14)26(22(28)17-13-30-25-24-17)20(19-8-5-11-29-19)21(27)23-16-6-3-4-7-16/h5,8-13,16,20H,3-4,6-7H2,1-2H3,(H,23,27)/t20-/m0/s1. The van der Waals surface area contributed by atoms with Crippen molar-refractivity contribution in [2.24, 2.45) is 0 Å². The third kappa shape index (κ3) is 4.29. The lowest BCUT2D eigenvalue weighted by Crippen LogP contribution is -2.46. The van der Waals surface area contributed by atoms with Crippen LogP contribution in [-0.4, -0.2) is 27.4 Å². The molecule has 1 aliphatic rings. The number of nitrogens with one attached hydrogen (secondary N) is 1. The molecule has 3 aromatic rings. The lowest BCUT2D eigenvalue weighted by molar-refractivity contribution is -0.123. The number of nitrogens with zero attached hydrogens (tertiary/aromatic N) is 3. The van der Waals surface area contributed by atoms with E-state index in [-0.39, 0.29) is 23.6 Å². The maximum absolute atomic E-state index is 13.6. The zero-order valence-corrected chi connectivity index (χ0v) is 18.6. The summed E-state index contributed by atoms with van der Waals surface area (Å²) in [5.41, 5.74) is 2.90. The molecule has 1 saturated carbocycles. The van der Waals surface area contributed by atoms with Crippen LogP contribution in [0.4, 0.5) is 5.69 Å². The van der Waals surface area contributed by atoms with E-state index in [2.05, 4.69) is 14.9 Å². The largest absolute Gasteiger partial charge is 0.351 e. The quantitative estimate of drug-likeness (QED) is 0.605. The van der Waals surface area contributed by atoms with Crippen molar-refractivity contribution in [3.8, 4) is 0 Å². The molecule has 0 bridgehead atoms. The molecule has 1 aromatic carbocycles. The minimum atomic E-state index is -0.764. The fraction of sp³-hybridized carbons (Fsp3) is 0.364. The zero-order valence-electron chi connectivity index (χ0n) is 17.0. The van der Waals surface area contributed by atoms with Crippen molar-refractivity contribution in [1.82, 2.24) is 14.9 Å². The predicted octanol–water partition coefficient (Wildman–Crippen LogP) is 4.66. The SMILES string of the molecule is Cc1ccc(C)c(N(C(=O)c2csnn2)[C@H](C(=O)NC2CCCC2)c2cccs2)c1. The molecule has 2 heterocycles. The van der Waals surface area contributed by atoms with E-state index < -0.39 is 6.04 Å². The molecule has 30 heavy (non-hydrogen) atoms. The summed E-state index contributed by atoms with van der Waals surface area (Å²) in [6.45, 7) is 3.93. The molecular formula is C22H24N4O2S2. The van der Waals surface area contributed by atoms with Crippen LogP contribution >= 0.6 is 22.9 Å². The van der Waals surface area contributed by atoms with E-state index in [0.29, 0.717) is 5.69 Å². The number of aromatic nitrogens is 2. The number of rotatable bonds is 6. The first-order chi connectivity index (χ1) is 14.5. The number of thiophene rings is 1. The van der Waals surface area contributed by atoms with Gasteiger partial charge in [0.1, 0.15) is 0 Å². The molecule has 1 aliphatic carbocycles. The Hall–Kier alpha value is -2.58. The average molecular weight is 441 g/mol. The zero-order chi connectivity index (χ0) is 21.1. The molecule has 0 radical (unpaired) electrons. The van der Waals surface area contributed by atoms with E-state index in [4.69, 9.17) is 0 Å². The molecule has 1 N–H and O–H groups in total. The fourth-order valence-electron chi connectivity index (χ4n) is 3.90. The summed E-state index contributed by atoms with van der Waals surface area (Å²) in [6, 6.07) is 9.16. The van der Waals surface area contributed by atoms with E-state index in [1.165, 1.54) is 11.3 Å². The highest BCUT2D eigenvalue weighted by molar-refractivity contribution is 7.10. The number of carbonyl (C=O) groups excluding carboxylic acids is 2. The first kappa shape index (κ1) is 20.7. The van der Waals surface area contributed by atoms with Crippen LogP contribution in [0.15, 0.2) is 41.1 Å². The third-order valence-electron chi connectivity index (χ3n) is 5.44. The van der Waals surface area contributed by atoms with Gasteiger partial charge in [0.2, 0.25) is 5.91 Å². The summed E-state index contributed by atoms with van der Waals surface area (Å²) < 4.78 is 3.86. The summed E-state index contributed by atoms with van der Waals surface area (Å²) in [4.78, 5) is 29.6. The molecule has 0 saturated heterocycles. The fourth-order valence-corrected chi connectivity index (χ4v) is 5.14. The molecule has 2 amide bonds. The number of carbonyl (C=O) groups is 2. The highest BCUT2D eigenvalue weighted by Crippen LogP contribution is 2.35. The van der Waals surface area contributed by atoms with Crippen molar-refractivity contribution < 1.29 is 9.59 Å². The molecule has 1 atom stereocenters. The van der Waals surface area contributed by atoms with Crippen LogP contribution < -0.4 is 10.2 Å². The van der Waals surface area contributed by atoms with Crippen LogP contribution in [0.25, 0.3) is 0 Å². The van der Waals surface area contributed by atoms with Gasteiger partial charge in [-0.1, -0.05) is 35.5 Å². The van der Waals surface area contributed by atoms with E-state index in [0.717, 1.165) is 53.2 Å². The first-order valence-electron chi connectivity index (χ1n) is 10.1. The molecule has 6 nitrogen and oxygen atoms in total. The van der Waals surface area contributed by atoms with Crippen LogP contribution in [-0.2, 0) is 4.79 Å².